The van der Waals surface area contributed by atoms with Crippen molar-refractivity contribution in [3.63, 3.8) is 0 Å². The second-order valence-corrected chi connectivity index (χ2v) is 3.71. The lowest BCUT2D eigenvalue weighted by Crippen LogP contribution is -2.10. The summed E-state index contributed by atoms with van der Waals surface area (Å²) in [5.41, 5.74) is 6.56. The van der Waals surface area contributed by atoms with Crippen molar-refractivity contribution in [1.82, 2.24) is 9.97 Å². The first kappa shape index (κ1) is 13.6. The number of aromatic nitrogens is 2. The molecular weight excluding hydrogens is 228 g/mol. The predicted molar refractivity (Wildman–Crippen MR) is 71.3 cm³/mol. The maximum Gasteiger partial charge on any atom is 0.250 e. The van der Waals surface area contributed by atoms with Gasteiger partial charge in [-0.25, -0.2) is 0 Å². The minimum Gasteiger partial charge on any atom is -0.378 e. The molecule has 5 nitrogen and oxygen atoms in total. The van der Waals surface area contributed by atoms with Crippen molar-refractivity contribution < 1.29 is 4.79 Å². The van der Waals surface area contributed by atoms with Crippen LogP contribution >= 0.6 is 0 Å². The van der Waals surface area contributed by atoms with Crippen LogP contribution in [0.4, 0.5) is 5.69 Å². The summed E-state index contributed by atoms with van der Waals surface area (Å²) in [6, 6.07) is 7.23. The van der Waals surface area contributed by atoms with Crippen LogP contribution in [0.5, 0.6) is 0 Å². The van der Waals surface area contributed by atoms with E-state index in [9.17, 15) is 4.79 Å². The Labute approximate surface area is 106 Å². The van der Waals surface area contributed by atoms with E-state index in [0.717, 1.165) is 0 Å². The summed E-state index contributed by atoms with van der Waals surface area (Å²) >= 11 is 0. The Morgan fingerprint density at radius 3 is 2.11 bits per heavy atom. The molecule has 0 aliphatic carbocycles. The molecular formula is C13H16N4O. The third kappa shape index (κ3) is 4.61. The maximum absolute atomic E-state index is 10.4. The van der Waals surface area contributed by atoms with E-state index in [1.54, 1.807) is 30.7 Å². The van der Waals surface area contributed by atoms with E-state index in [-0.39, 0.29) is 0 Å². The molecule has 0 aromatic carbocycles. The normalized spacial score (nSPS) is 9.00. The predicted octanol–water partition coefficient (Wildman–Crippen LogP) is 1.33. The molecule has 2 aromatic rings. The van der Waals surface area contributed by atoms with Gasteiger partial charge in [0, 0.05) is 44.6 Å². The highest BCUT2D eigenvalue weighted by atomic mass is 16.1. The Balaban J connectivity index is 0.000000180. The van der Waals surface area contributed by atoms with E-state index in [0.29, 0.717) is 5.56 Å². The number of rotatable bonds is 2. The SMILES string of the molecule is CN(C)c1ccncc1.NC(=O)c1cccnc1. The topological polar surface area (TPSA) is 72.1 Å². The van der Waals surface area contributed by atoms with Gasteiger partial charge in [0.05, 0.1) is 5.56 Å². The van der Waals surface area contributed by atoms with Gasteiger partial charge in [-0.3, -0.25) is 14.8 Å². The van der Waals surface area contributed by atoms with E-state index < -0.39 is 5.91 Å². The highest BCUT2D eigenvalue weighted by Gasteiger charge is 1.94. The molecule has 0 saturated heterocycles. The van der Waals surface area contributed by atoms with Gasteiger partial charge >= 0.3 is 0 Å². The van der Waals surface area contributed by atoms with Crippen molar-refractivity contribution in [3.05, 3.63) is 54.6 Å². The average Bonchev–Trinajstić information content (AvgIpc) is 2.41. The Morgan fingerprint density at radius 2 is 1.78 bits per heavy atom. The molecule has 0 unspecified atom stereocenters. The molecule has 0 spiro atoms. The molecule has 1 amide bonds. The Kier molecular flexibility index (Phi) is 5.31. The largest absolute Gasteiger partial charge is 0.378 e. The van der Waals surface area contributed by atoms with Gasteiger partial charge in [-0.2, -0.15) is 0 Å². The molecule has 0 bridgehead atoms. The fourth-order valence-corrected chi connectivity index (χ4v) is 1.15. The third-order valence-corrected chi connectivity index (χ3v) is 2.13. The molecule has 2 aromatic heterocycles. The smallest absolute Gasteiger partial charge is 0.250 e. The van der Waals surface area contributed by atoms with Crippen LogP contribution in [0.15, 0.2) is 49.1 Å². The minimum atomic E-state index is -0.442. The maximum atomic E-state index is 10.4. The molecule has 2 heterocycles. The van der Waals surface area contributed by atoms with Gasteiger partial charge in [-0.05, 0) is 24.3 Å². The number of nitrogens with zero attached hydrogens (tertiary/aromatic N) is 3. The van der Waals surface area contributed by atoms with Gasteiger partial charge in [0.25, 0.3) is 0 Å². The summed E-state index contributed by atoms with van der Waals surface area (Å²) in [6.07, 6.45) is 6.60. The van der Waals surface area contributed by atoms with Gasteiger partial charge in [0.2, 0.25) is 5.91 Å². The number of nitrogens with two attached hydrogens (primary N) is 1. The lowest BCUT2D eigenvalue weighted by molar-refractivity contribution is 0.1000. The fraction of sp³-hybridized carbons (Fsp3) is 0.154. The van der Waals surface area contributed by atoms with Crippen molar-refractivity contribution in [2.75, 3.05) is 19.0 Å². The minimum absolute atomic E-state index is 0.442. The summed E-state index contributed by atoms with van der Waals surface area (Å²) in [7, 11) is 4.02. The second-order valence-electron chi connectivity index (χ2n) is 3.71. The Bertz CT molecular complexity index is 471. The van der Waals surface area contributed by atoms with E-state index >= 15 is 0 Å². The van der Waals surface area contributed by atoms with Crippen LogP contribution < -0.4 is 10.6 Å². The zero-order valence-electron chi connectivity index (χ0n) is 10.4. The van der Waals surface area contributed by atoms with Crippen LogP contribution in [0.3, 0.4) is 0 Å². The van der Waals surface area contributed by atoms with Crippen LogP contribution in [-0.2, 0) is 0 Å². The molecule has 0 saturated carbocycles. The first-order chi connectivity index (χ1) is 8.61. The van der Waals surface area contributed by atoms with Crippen molar-refractivity contribution in [3.8, 4) is 0 Å². The summed E-state index contributed by atoms with van der Waals surface area (Å²) in [5.74, 6) is -0.442. The van der Waals surface area contributed by atoms with Gasteiger partial charge in [0.1, 0.15) is 0 Å². The van der Waals surface area contributed by atoms with Crippen molar-refractivity contribution >= 4 is 11.6 Å². The van der Waals surface area contributed by atoms with E-state index in [1.165, 1.54) is 11.9 Å². The van der Waals surface area contributed by atoms with Crippen LogP contribution in [-0.4, -0.2) is 30.0 Å². The fourth-order valence-electron chi connectivity index (χ4n) is 1.15. The average molecular weight is 244 g/mol. The number of carbonyl (C=O) groups excluding carboxylic acids is 1. The number of carbonyl (C=O) groups is 1. The molecule has 18 heavy (non-hydrogen) atoms. The van der Waals surface area contributed by atoms with Gasteiger partial charge in [-0.1, -0.05) is 0 Å². The Morgan fingerprint density at radius 1 is 1.11 bits per heavy atom. The molecule has 0 radical (unpaired) electrons. The van der Waals surface area contributed by atoms with E-state index in [1.807, 2.05) is 31.1 Å². The Hall–Kier alpha value is -2.43. The highest BCUT2D eigenvalue weighted by Crippen LogP contribution is 2.05. The van der Waals surface area contributed by atoms with Crippen molar-refractivity contribution in [2.24, 2.45) is 5.73 Å². The lowest BCUT2D eigenvalue weighted by Gasteiger charge is -2.10. The van der Waals surface area contributed by atoms with Gasteiger partial charge in [0.15, 0.2) is 0 Å². The second kappa shape index (κ2) is 7.01. The van der Waals surface area contributed by atoms with Crippen molar-refractivity contribution in [1.29, 1.82) is 0 Å². The molecule has 0 fully saturated rings. The van der Waals surface area contributed by atoms with Crippen LogP contribution in [0, 0.1) is 0 Å². The lowest BCUT2D eigenvalue weighted by atomic mass is 10.3. The zero-order chi connectivity index (χ0) is 13.4. The molecule has 5 heteroatoms. The first-order valence-electron chi connectivity index (χ1n) is 5.38. The monoisotopic (exact) mass is 244 g/mol. The summed E-state index contributed by atoms with van der Waals surface area (Å²) in [6.45, 7) is 0. The summed E-state index contributed by atoms with van der Waals surface area (Å²) < 4.78 is 0. The number of pyridine rings is 2. The third-order valence-electron chi connectivity index (χ3n) is 2.13. The van der Waals surface area contributed by atoms with E-state index in [2.05, 4.69) is 9.97 Å². The van der Waals surface area contributed by atoms with Crippen molar-refractivity contribution in [2.45, 2.75) is 0 Å². The van der Waals surface area contributed by atoms with Gasteiger partial charge in [-0.15, -0.1) is 0 Å². The number of hydrogen-bond acceptors (Lipinski definition) is 4. The molecule has 0 aliphatic rings. The molecule has 94 valence electrons. The highest BCUT2D eigenvalue weighted by molar-refractivity contribution is 5.92. The summed E-state index contributed by atoms with van der Waals surface area (Å²) in [4.78, 5) is 20.0. The number of primary amides is 1. The molecule has 0 atom stereocenters. The molecule has 2 N–H and O–H groups in total. The van der Waals surface area contributed by atoms with Gasteiger partial charge < -0.3 is 10.6 Å². The standard InChI is InChI=1S/C7H10N2.C6H6N2O/c1-9(2)7-3-5-8-6-4-7;7-6(9)5-2-1-3-8-4-5/h3-6H,1-2H3;1-4H,(H2,7,9). The number of anilines is 1. The zero-order valence-corrected chi connectivity index (χ0v) is 10.4. The number of hydrogen-bond donors (Lipinski definition) is 1. The van der Waals surface area contributed by atoms with E-state index in [4.69, 9.17) is 5.73 Å². The van der Waals surface area contributed by atoms with Crippen LogP contribution in [0.25, 0.3) is 0 Å². The first-order valence-corrected chi connectivity index (χ1v) is 5.38. The molecule has 2 rings (SSSR count). The quantitative estimate of drug-likeness (QED) is 0.865. The van der Waals surface area contributed by atoms with Crippen LogP contribution in [0.1, 0.15) is 10.4 Å². The van der Waals surface area contributed by atoms with Crippen LogP contribution in [0.2, 0.25) is 0 Å². The summed E-state index contributed by atoms with van der Waals surface area (Å²) in [5, 5.41) is 0. The number of amides is 1. The molecule has 0 aliphatic heterocycles.